The zero-order valence-corrected chi connectivity index (χ0v) is 11.7. The normalized spacial score (nSPS) is 11.5. The highest BCUT2D eigenvalue weighted by molar-refractivity contribution is 7.89. The Balaban J connectivity index is 1.88. The van der Waals surface area contributed by atoms with Crippen LogP contribution in [0.5, 0.6) is 11.6 Å². The summed E-state index contributed by atoms with van der Waals surface area (Å²) in [5.41, 5.74) is 0. The van der Waals surface area contributed by atoms with Crippen molar-refractivity contribution >= 4 is 20.8 Å². The first-order chi connectivity index (χ1) is 10.0. The number of benzene rings is 2. The van der Waals surface area contributed by atoms with Crippen molar-refractivity contribution in [2.24, 2.45) is 5.14 Å². The Morgan fingerprint density at radius 1 is 0.952 bits per heavy atom. The first kappa shape index (κ1) is 13.5. The molecule has 0 aliphatic carbocycles. The van der Waals surface area contributed by atoms with Gasteiger partial charge in [0.05, 0.1) is 6.20 Å². The first-order valence-corrected chi connectivity index (χ1v) is 7.72. The van der Waals surface area contributed by atoms with Crippen LogP contribution in [0.2, 0.25) is 0 Å². The third kappa shape index (κ3) is 3.01. The highest BCUT2D eigenvalue weighted by Gasteiger charge is 2.08. The topological polar surface area (TPSA) is 82.3 Å². The van der Waals surface area contributed by atoms with E-state index in [4.69, 9.17) is 9.88 Å². The van der Waals surface area contributed by atoms with Crippen LogP contribution in [0.4, 0.5) is 0 Å². The lowest BCUT2D eigenvalue weighted by Gasteiger charge is -2.06. The Morgan fingerprint density at radius 3 is 2.38 bits per heavy atom. The van der Waals surface area contributed by atoms with E-state index in [1.54, 1.807) is 0 Å². The summed E-state index contributed by atoms with van der Waals surface area (Å²) in [6.07, 6.45) is 1.17. The number of primary sulfonamides is 1. The molecule has 0 fully saturated rings. The molecule has 3 rings (SSSR count). The molecule has 0 spiro atoms. The van der Waals surface area contributed by atoms with Gasteiger partial charge in [-0.1, -0.05) is 30.3 Å². The first-order valence-electron chi connectivity index (χ1n) is 6.18. The van der Waals surface area contributed by atoms with Crippen LogP contribution in [-0.2, 0) is 10.0 Å². The van der Waals surface area contributed by atoms with E-state index in [1.165, 1.54) is 18.3 Å². The maximum atomic E-state index is 11.1. The van der Waals surface area contributed by atoms with Gasteiger partial charge >= 0.3 is 0 Å². The van der Waals surface area contributed by atoms with Gasteiger partial charge in [-0.05, 0) is 29.0 Å². The van der Waals surface area contributed by atoms with Gasteiger partial charge in [0.1, 0.15) is 10.6 Å². The lowest BCUT2D eigenvalue weighted by atomic mass is 10.1. The summed E-state index contributed by atoms with van der Waals surface area (Å²) in [4.78, 5) is 3.89. The second-order valence-corrected chi connectivity index (χ2v) is 6.05. The van der Waals surface area contributed by atoms with Gasteiger partial charge in [-0.3, -0.25) is 0 Å². The van der Waals surface area contributed by atoms with E-state index in [2.05, 4.69) is 4.98 Å². The van der Waals surface area contributed by atoms with Gasteiger partial charge in [0, 0.05) is 6.07 Å². The SMILES string of the molecule is NS(=O)(=O)c1ccc(Oc2ccc3ccccc3c2)nc1. The fraction of sp³-hybridized carbons (Fsp3) is 0. The Morgan fingerprint density at radius 2 is 1.71 bits per heavy atom. The molecule has 5 nitrogen and oxygen atoms in total. The minimum atomic E-state index is -3.74. The summed E-state index contributed by atoms with van der Waals surface area (Å²) in [5, 5.41) is 7.18. The third-order valence-electron chi connectivity index (χ3n) is 2.98. The number of fused-ring (bicyclic) bond motifs is 1. The van der Waals surface area contributed by atoms with Crippen molar-refractivity contribution in [1.82, 2.24) is 4.98 Å². The predicted octanol–water partition coefficient (Wildman–Crippen LogP) is 2.67. The second-order valence-electron chi connectivity index (χ2n) is 4.49. The highest BCUT2D eigenvalue weighted by Crippen LogP contribution is 2.24. The molecule has 2 aromatic carbocycles. The predicted molar refractivity (Wildman–Crippen MR) is 79.6 cm³/mol. The lowest BCUT2D eigenvalue weighted by Crippen LogP contribution is -2.12. The molecule has 0 aliphatic heterocycles. The van der Waals surface area contributed by atoms with Gasteiger partial charge < -0.3 is 4.74 Å². The van der Waals surface area contributed by atoms with Crippen LogP contribution in [0.15, 0.2) is 65.7 Å². The van der Waals surface area contributed by atoms with Gasteiger partial charge in [0.15, 0.2) is 0 Å². The minimum absolute atomic E-state index is 0.0478. The molecule has 2 N–H and O–H groups in total. The van der Waals surface area contributed by atoms with Crippen LogP contribution in [-0.4, -0.2) is 13.4 Å². The zero-order valence-electron chi connectivity index (χ0n) is 10.9. The van der Waals surface area contributed by atoms with Crippen LogP contribution in [0, 0.1) is 0 Å². The number of ether oxygens (including phenoxy) is 1. The molecule has 106 valence electrons. The average Bonchev–Trinajstić information content (AvgIpc) is 2.47. The Bertz CT molecular complexity index is 890. The zero-order chi connectivity index (χ0) is 14.9. The largest absolute Gasteiger partial charge is 0.439 e. The van der Waals surface area contributed by atoms with E-state index in [9.17, 15) is 8.42 Å². The highest BCUT2D eigenvalue weighted by atomic mass is 32.2. The van der Waals surface area contributed by atoms with E-state index in [0.717, 1.165) is 10.8 Å². The van der Waals surface area contributed by atoms with Crippen molar-refractivity contribution in [3.05, 3.63) is 60.8 Å². The number of nitrogens with two attached hydrogens (primary N) is 1. The molecule has 0 bridgehead atoms. The van der Waals surface area contributed by atoms with Crippen LogP contribution >= 0.6 is 0 Å². The van der Waals surface area contributed by atoms with Crippen molar-refractivity contribution in [3.8, 4) is 11.6 Å². The van der Waals surface area contributed by atoms with Crippen LogP contribution in [0.1, 0.15) is 0 Å². The average molecular weight is 300 g/mol. The van der Waals surface area contributed by atoms with Crippen molar-refractivity contribution in [3.63, 3.8) is 0 Å². The third-order valence-corrected chi connectivity index (χ3v) is 3.88. The summed E-state index contributed by atoms with van der Waals surface area (Å²) in [7, 11) is -3.74. The van der Waals surface area contributed by atoms with E-state index in [1.807, 2.05) is 42.5 Å². The number of rotatable bonds is 3. The Kier molecular flexibility index (Phi) is 3.32. The molecular formula is C15H12N2O3S. The molecule has 0 amide bonds. The van der Waals surface area contributed by atoms with Crippen molar-refractivity contribution in [2.75, 3.05) is 0 Å². The van der Waals surface area contributed by atoms with E-state index >= 15 is 0 Å². The second kappa shape index (κ2) is 5.16. The maximum absolute atomic E-state index is 11.1. The van der Waals surface area contributed by atoms with E-state index in [0.29, 0.717) is 11.6 Å². The van der Waals surface area contributed by atoms with Crippen molar-refractivity contribution < 1.29 is 13.2 Å². The molecule has 0 radical (unpaired) electrons. The van der Waals surface area contributed by atoms with Gasteiger partial charge in [0.25, 0.3) is 0 Å². The summed E-state index contributed by atoms with van der Waals surface area (Å²) in [6, 6.07) is 16.4. The summed E-state index contributed by atoms with van der Waals surface area (Å²) >= 11 is 0. The Labute approximate surface area is 122 Å². The number of hydrogen-bond donors (Lipinski definition) is 1. The molecule has 0 atom stereocenters. The molecule has 1 aromatic heterocycles. The summed E-state index contributed by atoms with van der Waals surface area (Å²) < 4.78 is 27.9. The molecule has 6 heteroatoms. The van der Waals surface area contributed by atoms with Crippen LogP contribution in [0.3, 0.4) is 0 Å². The maximum Gasteiger partial charge on any atom is 0.239 e. The van der Waals surface area contributed by atoms with Crippen molar-refractivity contribution in [2.45, 2.75) is 4.90 Å². The van der Waals surface area contributed by atoms with Gasteiger partial charge in [0.2, 0.25) is 15.9 Å². The van der Waals surface area contributed by atoms with Gasteiger partial charge in [-0.2, -0.15) is 0 Å². The molecule has 0 unspecified atom stereocenters. The molecule has 3 aromatic rings. The fourth-order valence-electron chi connectivity index (χ4n) is 1.95. The number of aromatic nitrogens is 1. The Hall–Kier alpha value is -2.44. The van der Waals surface area contributed by atoms with Crippen LogP contribution < -0.4 is 9.88 Å². The quantitative estimate of drug-likeness (QED) is 0.806. The number of hydrogen-bond acceptors (Lipinski definition) is 4. The number of pyridine rings is 1. The monoisotopic (exact) mass is 300 g/mol. The molecule has 0 aliphatic rings. The molecule has 21 heavy (non-hydrogen) atoms. The standard InChI is InChI=1S/C15H12N2O3S/c16-21(18,19)14-7-8-15(17-10-14)20-13-6-5-11-3-1-2-4-12(11)9-13/h1-10H,(H2,16,18,19). The van der Waals surface area contributed by atoms with Crippen molar-refractivity contribution in [1.29, 1.82) is 0 Å². The minimum Gasteiger partial charge on any atom is -0.439 e. The van der Waals surface area contributed by atoms with E-state index < -0.39 is 10.0 Å². The molecule has 1 heterocycles. The van der Waals surface area contributed by atoms with Crippen LogP contribution in [0.25, 0.3) is 10.8 Å². The molecular weight excluding hydrogens is 288 g/mol. The molecule has 0 saturated heterocycles. The summed E-state index contributed by atoms with van der Waals surface area (Å²) in [5.74, 6) is 0.933. The fourth-order valence-corrected chi connectivity index (χ4v) is 2.40. The smallest absolute Gasteiger partial charge is 0.239 e. The summed E-state index contributed by atoms with van der Waals surface area (Å²) in [6.45, 7) is 0. The number of sulfonamides is 1. The molecule has 0 saturated carbocycles. The van der Waals surface area contributed by atoms with E-state index in [-0.39, 0.29) is 4.90 Å². The lowest BCUT2D eigenvalue weighted by molar-refractivity contribution is 0.462. The number of nitrogens with zero attached hydrogens (tertiary/aromatic N) is 1. The van der Waals surface area contributed by atoms with Gasteiger partial charge in [-0.15, -0.1) is 0 Å². The van der Waals surface area contributed by atoms with Gasteiger partial charge in [-0.25, -0.2) is 18.5 Å².